The number of hydrogen-bond donors (Lipinski definition) is 2. The Morgan fingerprint density at radius 3 is 2.85 bits per heavy atom. The third-order valence-electron chi connectivity index (χ3n) is 4.22. The van der Waals surface area contributed by atoms with E-state index in [2.05, 4.69) is 15.3 Å². The van der Waals surface area contributed by atoms with Crippen molar-refractivity contribution in [1.82, 2.24) is 9.97 Å². The quantitative estimate of drug-likeness (QED) is 0.488. The fraction of sp³-hybridized carbons (Fsp3) is 0.263. The predicted octanol–water partition coefficient (Wildman–Crippen LogP) is 3.41. The number of nitrogens with zero attached hydrogens (tertiary/aromatic N) is 2. The first-order valence-electron chi connectivity index (χ1n) is 8.61. The van der Waals surface area contributed by atoms with E-state index in [1.807, 2.05) is 38.1 Å². The zero-order valence-electron chi connectivity index (χ0n) is 15.1. The van der Waals surface area contributed by atoms with Crippen molar-refractivity contribution >= 4 is 22.3 Å². The van der Waals surface area contributed by atoms with Crippen LogP contribution < -0.4 is 15.6 Å². The van der Waals surface area contributed by atoms with Gasteiger partial charge >= 0.3 is 0 Å². The zero-order chi connectivity index (χ0) is 19.4. The number of hydrogen-bond acceptors (Lipinski definition) is 6. The van der Waals surface area contributed by atoms with Gasteiger partial charge in [-0.25, -0.2) is 4.98 Å². The molecule has 0 aliphatic carbocycles. The number of anilines is 1. The summed E-state index contributed by atoms with van der Waals surface area (Å²) < 4.78 is 5.97. The van der Waals surface area contributed by atoms with Crippen molar-refractivity contribution in [2.45, 2.75) is 26.4 Å². The van der Waals surface area contributed by atoms with E-state index >= 15 is 0 Å². The number of nitro groups is 1. The van der Waals surface area contributed by atoms with Gasteiger partial charge in [-0.15, -0.1) is 0 Å². The van der Waals surface area contributed by atoms with E-state index < -0.39 is 10.5 Å². The summed E-state index contributed by atoms with van der Waals surface area (Å²) in [5, 5.41) is 14.7. The maximum absolute atomic E-state index is 11.8. The summed E-state index contributed by atoms with van der Waals surface area (Å²) in [5.74, 6) is 0.755. The molecule has 0 radical (unpaired) electrons. The molecule has 0 bridgehead atoms. The minimum atomic E-state index is -0.517. The van der Waals surface area contributed by atoms with Gasteiger partial charge in [0.25, 0.3) is 11.2 Å². The highest BCUT2D eigenvalue weighted by Gasteiger charge is 2.18. The molecule has 1 heterocycles. The third kappa shape index (κ3) is 4.22. The van der Waals surface area contributed by atoms with Crippen molar-refractivity contribution in [1.29, 1.82) is 0 Å². The Bertz CT molecular complexity index is 1030. The van der Waals surface area contributed by atoms with E-state index in [1.165, 1.54) is 18.5 Å². The number of aryl methyl sites for hydroxylation is 1. The molecular formula is C19H20N4O4. The summed E-state index contributed by atoms with van der Waals surface area (Å²) in [6.45, 7) is 4.34. The summed E-state index contributed by atoms with van der Waals surface area (Å²) in [5.41, 5.74) is 1.20. The lowest BCUT2D eigenvalue weighted by atomic mass is 10.1. The summed E-state index contributed by atoms with van der Waals surface area (Å²) >= 11 is 0. The first-order valence-corrected chi connectivity index (χ1v) is 8.61. The maximum Gasteiger partial charge on any atom is 0.293 e. The Morgan fingerprint density at radius 2 is 2.15 bits per heavy atom. The molecule has 0 spiro atoms. The molecule has 0 aliphatic rings. The topological polar surface area (TPSA) is 110 Å². The molecule has 0 aliphatic heterocycles. The van der Waals surface area contributed by atoms with Gasteiger partial charge in [-0.3, -0.25) is 14.9 Å². The number of aromatic amines is 1. The highest BCUT2D eigenvalue weighted by Crippen LogP contribution is 2.28. The third-order valence-corrected chi connectivity index (χ3v) is 4.22. The standard InChI is InChI=1S/C19H20N4O4/c1-3-13(27-14-6-4-5-12(2)7-14)10-20-17-9-16-15(8-18(17)23(25)26)19(24)22-11-21-16/h4-9,11,13,20H,3,10H2,1-2H3,(H,21,22,24). The van der Waals surface area contributed by atoms with E-state index in [4.69, 9.17) is 4.74 Å². The van der Waals surface area contributed by atoms with Crippen LogP contribution in [0.4, 0.5) is 11.4 Å². The summed E-state index contributed by atoms with van der Waals surface area (Å²) in [6.07, 6.45) is 1.82. The van der Waals surface area contributed by atoms with Crippen LogP contribution in [0.15, 0.2) is 47.5 Å². The molecule has 2 aromatic carbocycles. The number of H-pyrrole nitrogens is 1. The Balaban J connectivity index is 1.83. The van der Waals surface area contributed by atoms with Crippen molar-refractivity contribution in [3.05, 3.63) is 68.8 Å². The van der Waals surface area contributed by atoms with Crippen molar-refractivity contribution < 1.29 is 9.66 Å². The van der Waals surface area contributed by atoms with Crippen molar-refractivity contribution in [2.24, 2.45) is 0 Å². The molecular weight excluding hydrogens is 348 g/mol. The molecule has 0 fully saturated rings. The zero-order valence-corrected chi connectivity index (χ0v) is 15.1. The average Bonchev–Trinajstić information content (AvgIpc) is 2.64. The lowest BCUT2D eigenvalue weighted by Crippen LogP contribution is -2.25. The maximum atomic E-state index is 11.8. The van der Waals surface area contributed by atoms with Crippen LogP contribution >= 0.6 is 0 Å². The largest absolute Gasteiger partial charge is 0.489 e. The molecule has 3 rings (SSSR count). The van der Waals surface area contributed by atoms with Gasteiger partial charge in [-0.05, 0) is 37.1 Å². The number of ether oxygens (including phenoxy) is 1. The second-order valence-corrected chi connectivity index (χ2v) is 6.22. The number of benzene rings is 2. The fourth-order valence-electron chi connectivity index (χ4n) is 2.77. The number of nitro benzene ring substituents is 1. The smallest absolute Gasteiger partial charge is 0.293 e. The van der Waals surface area contributed by atoms with Crippen LogP contribution in [0.25, 0.3) is 10.9 Å². The molecule has 0 saturated carbocycles. The van der Waals surface area contributed by atoms with Crippen LogP contribution in [-0.4, -0.2) is 27.5 Å². The van der Waals surface area contributed by atoms with Gasteiger partial charge in [0.05, 0.1) is 28.7 Å². The summed E-state index contributed by atoms with van der Waals surface area (Å²) in [6, 6.07) is 10.5. The normalized spacial score (nSPS) is 11.9. The Kier molecular flexibility index (Phi) is 5.35. The molecule has 0 amide bonds. The SMILES string of the molecule is CCC(CNc1cc2nc[nH]c(=O)c2cc1[N+](=O)[O-])Oc1cccc(C)c1. The van der Waals surface area contributed by atoms with Crippen molar-refractivity contribution in [3.63, 3.8) is 0 Å². The number of rotatable bonds is 7. The number of fused-ring (bicyclic) bond motifs is 1. The van der Waals surface area contributed by atoms with Gasteiger partial charge in [0.2, 0.25) is 0 Å². The molecule has 1 unspecified atom stereocenters. The first kappa shape index (κ1) is 18.4. The van der Waals surface area contributed by atoms with Gasteiger partial charge in [-0.1, -0.05) is 19.1 Å². The van der Waals surface area contributed by atoms with Gasteiger partial charge < -0.3 is 15.0 Å². The molecule has 8 heteroatoms. The molecule has 27 heavy (non-hydrogen) atoms. The van der Waals surface area contributed by atoms with E-state index in [-0.39, 0.29) is 17.2 Å². The van der Waals surface area contributed by atoms with Crippen LogP contribution in [0.5, 0.6) is 5.75 Å². The predicted molar refractivity (Wildman–Crippen MR) is 103 cm³/mol. The molecule has 0 saturated heterocycles. The highest BCUT2D eigenvalue weighted by molar-refractivity contribution is 5.86. The van der Waals surface area contributed by atoms with Gasteiger partial charge in [0, 0.05) is 6.07 Å². The molecule has 1 atom stereocenters. The van der Waals surface area contributed by atoms with Crippen LogP contribution in [0.1, 0.15) is 18.9 Å². The molecule has 140 valence electrons. The van der Waals surface area contributed by atoms with E-state index in [9.17, 15) is 14.9 Å². The van der Waals surface area contributed by atoms with Gasteiger partial charge in [0.1, 0.15) is 17.5 Å². The molecule has 2 N–H and O–H groups in total. The minimum absolute atomic E-state index is 0.172. The lowest BCUT2D eigenvalue weighted by Gasteiger charge is -2.19. The van der Waals surface area contributed by atoms with E-state index in [0.29, 0.717) is 17.7 Å². The van der Waals surface area contributed by atoms with Crippen LogP contribution in [-0.2, 0) is 0 Å². The van der Waals surface area contributed by atoms with Gasteiger partial charge in [-0.2, -0.15) is 0 Å². The number of nitrogens with one attached hydrogen (secondary N) is 2. The average molecular weight is 368 g/mol. The van der Waals surface area contributed by atoms with Crippen molar-refractivity contribution in [3.8, 4) is 5.75 Å². The Labute approximate surface area is 155 Å². The van der Waals surface area contributed by atoms with Crippen LogP contribution in [0.2, 0.25) is 0 Å². The Hall–Kier alpha value is -3.42. The second kappa shape index (κ2) is 7.86. The summed E-state index contributed by atoms with van der Waals surface area (Å²) in [7, 11) is 0. The molecule has 1 aromatic heterocycles. The minimum Gasteiger partial charge on any atom is -0.489 e. The first-order chi connectivity index (χ1) is 13.0. The number of aromatic nitrogens is 2. The lowest BCUT2D eigenvalue weighted by molar-refractivity contribution is -0.383. The monoisotopic (exact) mass is 368 g/mol. The highest BCUT2D eigenvalue weighted by atomic mass is 16.6. The van der Waals surface area contributed by atoms with Crippen LogP contribution in [0, 0.1) is 17.0 Å². The molecule has 3 aromatic rings. The Morgan fingerprint density at radius 1 is 1.33 bits per heavy atom. The second-order valence-electron chi connectivity index (χ2n) is 6.22. The summed E-state index contributed by atoms with van der Waals surface area (Å²) in [4.78, 5) is 29.3. The fourth-order valence-corrected chi connectivity index (χ4v) is 2.77. The van der Waals surface area contributed by atoms with E-state index in [0.717, 1.165) is 17.7 Å². The van der Waals surface area contributed by atoms with Gasteiger partial charge in [0.15, 0.2) is 0 Å². The molecule has 8 nitrogen and oxygen atoms in total. The van der Waals surface area contributed by atoms with Crippen LogP contribution in [0.3, 0.4) is 0 Å². The van der Waals surface area contributed by atoms with E-state index in [1.54, 1.807) is 0 Å². The van der Waals surface area contributed by atoms with Crippen molar-refractivity contribution in [2.75, 3.05) is 11.9 Å².